The Hall–Kier alpha value is -2.77. The van der Waals surface area contributed by atoms with E-state index in [1.807, 2.05) is 0 Å². The molecule has 3 N–H and O–H groups in total. The average molecular weight is 424 g/mol. The maximum atomic E-state index is 11.7. The number of ether oxygens (including phenoxy) is 1. The van der Waals surface area contributed by atoms with E-state index in [-0.39, 0.29) is 24.6 Å². The molecule has 0 heterocycles. The smallest absolute Gasteiger partial charge is 0.259 e. The third-order valence-electron chi connectivity index (χ3n) is 3.42. The molecule has 0 spiro atoms. The van der Waals surface area contributed by atoms with Gasteiger partial charge in [-0.2, -0.15) is 5.10 Å². The van der Waals surface area contributed by atoms with Gasteiger partial charge >= 0.3 is 0 Å². The zero-order valence-electron chi connectivity index (χ0n) is 14.8. The molecular formula is C19H19Cl2N3O4. The Labute approximate surface area is 172 Å². The van der Waals surface area contributed by atoms with Gasteiger partial charge in [-0.3, -0.25) is 9.59 Å². The molecule has 28 heavy (non-hydrogen) atoms. The van der Waals surface area contributed by atoms with E-state index in [0.29, 0.717) is 34.4 Å². The first-order valence-electron chi connectivity index (χ1n) is 8.39. The van der Waals surface area contributed by atoms with Gasteiger partial charge in [-0.25, -0.2) is 5.43 Å². The minimum absolute atomic E-state index is 0.102. The number of amides is 2. The van der Waals surface area contributed by atoms with Crippen molar-refractivity contribution in [2.75, 3.05) is 13.2 Å². The molecule has 2 amide bonds. The highest BCUT2D eigenvalue weighted by atomic mass is 35.5. The summed E-state index contributed by atoms with van der Waals surface area (Å²) in [6, 6.07) is 11.3. The van der Waals surface area contributed by atoms with E-state index in [9.17, 15) is 14.7 Å². The van der Waals surface area contributed by atoms with Crippen LogP contribution in [0.25, 0.3) is 0 Å². The fourth-order valence-electron chi connectivity index (χ4n) is 2.10. The molecule has 0 atom stereocenters. The van der Waals surface area contributed by atoms with E-state index in [0.717, 1.165) is 0 Å². The van der Waals surface area contributed by atoms with E-state index in [1.54, 1.807) is 30.3 Å². The molecule has 2 aromatic rings. The Balaban J connectivity index is 1.60. The van der Waals surface area contributed by atoms with Crippen molar-refractivity contribution in [1.29, 1.82) is 0 Å². The highest BCUT2D eigenvalue weighted by Gasteiger charge is 2.06. The van der Waals surface area contributed by atoms with E-state index >= 15 is 0 Å². The third kappa shape index (κ3) is 7.85. The Kier molecular flexibility index (Phi) is 8.58. The van der Waals surface area contributed by atoms with Gasteiger partial charge in [-0.1, -0.05) is 35.3 Å². The number of hydrazone groups is 1. The summed E-state index contributed by atoms with van der Waals surface area (Å²) in [7, 11) is 0. The first-order valence-corrected chi connectivity index (χ1v) is 9.15. The van der Waals surface area contributed by atoms with Gasteiger partial charge in [0.2, 0.25) is 5.91 Å². The zero-order valence-corrected chi connectivity index (χ0v) is 16.3. The fourth-order valence-corrected chi connectivity index (χ4v) is 2.56. The summed E-state index contributed by atoms with van der Waals surface area (Å²) in [6.07, 6.45) is 2.05. The first-order chi connectivity index (χ1) is 13.4. The SMILES string of the molecule is O=C(CCCOc1ccc(Cl)cc1Cl)NCC(=O)NN=Cc1cccc(O)c1. The maximum absolute atomic E-state index is 11.7. The summed E-state index contributed by atoms with van der Waals surface area (Å²) < 4.78 is 5.48. The molecule has 0 aliphatic heterocycles. The molecule has 0 bridgehead atoms. The fraction of sp³-hybridized carbons (Fsp3) is 0.211. The lowest BCUT2D eigenvalue weighted by Crippen LogP contribution is -2.34. The van der Waals surface area contributed by atoms with Gasteiger partial charge in [0.1, 0.15) is 11.5 Å². The van der Waals surface area contributed by atoms with Crippen molar-refractivity contribution < 1.29 is 19.4 Å². The Morgan fingerprint density at radius 1 is 1.14 bits per heavy atom. The molecule has 0 aliphatic rings. The van der Waals surface area contributed by atoms with Crippen molar-refractivity contribution in [2.24, 2.45) is 5.10 Å². The monoisotopic (exact) mass is 423 g/mol. The normalized spacial score (nSPS) is 10.6. The number of phenols is 1. The van der Waals surface area contributed by atoms with Crippen LogP contribution in [0.5, 0.6) is 11.5 Å². The van der Waals surface area contributed by atoms with Crippen LogP contribution in [-0.2, 0) is 9.59 Å². The second kappa shape index (κ2) is 11.2. The van der Waals surface area contributed by atoms with Crippen LogP contribution in [0.4, 0.5) is 0 Å². The molecule has 2 rings (SSSR count). The third-order valence-corrected chi connectivity index (χ3v) is 3.95. The van der Waals surface area contributed by atoms with Crippen LogP contribution >= 0.6 is 23.2 Å². The van der Waals surface area contributed by atoms with Crippen LogP contribution in [0.2, 0.25) is 10.0 Å². The number of carbonyl (C=O) groups is 2. The van der Waals surface area contributed by atoms with Gasteiger partial charge in [0.05, 0.1) is 24.4 Å². The quantitative estimate of drug-likeness (QED) is 0.327. The number of hydrogen-bond donors (Lipinski definition) is 3. The summed E-state index contributed by atoms with van der Waals surface area (Å²) in [4.78, 5) is 23.4. The number of phenolic OH excluding ortho intramolecular Hbond substituents is 1. The highest BCUT2D eigenvalue weighted by Crippen LogP contribution is 2.27. The molecule has 148 valence electrons. The van der Waals surface area contributed by atoms with Gasteiger partial charge in [0, 0.05) is 11.4 Å². The van der Waals surface area contributed by atoms with Crippen LogP contribution in [0.1, 0.15) is 18.4 Å². The molecule has 7 nitrogen and oxygen atoms in total. The van der Waals surface area contributed by atoms with Crippen LogP contribution < -0.4 is 15.5 Å². The second-order valence-corrected chi connectivity index (χ2v) is 6.54. The first kappa shape index (κ1) is 21.5. The van der Waals surface area contributed by atoms with Crippen LogP contribution in [0.15, 0.2) is 47.6 Å². The molecule has 0 fully saturated rings. The number of halogens is 2. The van der Waals surface area contributed by atoms with Crippen molar-refractivity contribution in [1.82, 2.24) is 10.7 Å². The lowest BCUT2D eigenvalue weighted by molar-refractivity contribution is -0.126. The predicted molar refractivity (Wildman–Crippen MR) is 108 cm³/mol. The van der Waals surface area contributed by atoms with Crippen LogP contribution in [0.3, 0.4) is 0 Å². The van der Waals surface area contributed by atoms with Crippen LogP contribution in [-0.4, -0.2) is 36.3 Å². The van der Waals surface area contributed by atoms with Crippen molar-refractivity contribution >= 4 is 41.2 Å². The maximum Gasteiger partial charge on any atom is 0.259 e. The van der Waals surface area contributed by atoms with Gasteiger partial charge < -0.3 is 15.2 Å². The molecule has 0 saturated carbocycles. The summed E-state index contributed by atoms with van der Waals surface area (Å²) in [5.74, 6) is -0.146. The number of carbonyl (C=O) groups excluding carboxylic acids is 2. The lowest BCUT2D eigenvalue weighted by atomic mass is 10.2. The zero-order chi connectivity index (χ0) is 20.4. The number of benzene rings is 2. The number of rotatable bonds is 9. The molecule has 2 aromatic carbocycles. The van der Waals surface area contributed by atoms with E-state index in [4.69, 9.17) is 27.9 Å². The molecule has 0 saturated heterocycles. The van der Waals surface area contributed by atoms with E-state index in [2.05, 4.69) is 15.8 Å². The van der Waals surface area contributed by atoms with Crippen molar-refractivity contribution in [3.63, 3.8) is 0 Å². The summed E-state index contributed by atoms with van der Waals surface area (Å²) >= 11 is 11.8. The predicted octanol–water partition coefficient (Wildman–Crippen LogP) is 3.12. The summed E-state index contributed by atoms with van der Waals surface area (Å²) in [6.45, 7) is 0.106. The standard InChI is InChI=1S/C19H19Cl2N3O4/c20-14-6-7-17(16(21)10-14)28-8-2-5-18(26)22-12-19(27)24-23-11-13-3-1-4-15(25)9-13/h1,3-4,6-7,9-11,25H,2,5,8,12H2,(H,22,26)(H,24,27). The molecule has 0 aliphatic carbocycles. The minimum Gasteiger partial charge on any atom is -0.508 e. The average Bonchev–Trinajstić information content (AvgIpc) is 2.65. The van der Waals surface area contributed by atoms with Gasteiger partial charge in [0.25, 0.3) is 5.91 Å². The number of nitrogens with zero attached hydrogens (tertiary/aromatic N) is 1. The van der Waals surface area contributed by atoms with Gasteiger partial charge in [-0.15, -0.1) is 0 Å². The van der Waals surface area contributed by atoms with Gasteiger partial charge in [-0.05, 0) is 42.3 Å². The lowest BCUT2D eigenvalue weighted by Gasteiger charge is -2.08. The topological polar surface area (TPSA) is 100 Å². The van der Waals surface area contributed by atoms with Gasteiger partial charge in [0.15, 0.2) is 0 Å². The molecule has 0 unspecified atom stereocenters. The number of aromatic hydroxyl groups is 1. The molecule has 0 aromatic heterocycles. The largest absolute Gasteiger partial charge is 0.508 e. The van der Waals surface area contributed by atoms with Crippen molar-refractivity contribution in [3.05, 3.63) is 58.1 Å². The van der Waals surface area contributed by atoms with E-state index < -0.39 is 5.91 Å². The Morgan fingerprint density at radius 2 is 1.96 bits per heavy atom. The van der Waals surface area contributed by atoms with Crippen molar-refractivity contribution in [3.8, 4) is 11.5 Å². The second-order valence-electron chi connectivity index (χ2n) is 5.69. The Bertz CT molecular complexity index is 859. The molecule has 9 heteroatoms. The molecular weight excluding hydrogens is 405 g/mol. The summed E-state index contributed by atoms with van der Waals surface area (Å²) in [5.41, 5.74) is 2.92. The summed E-state index contributed by atoms with van der Waals surface area (Å²) in [5, 5.41) is 16.5. The number of hydrogen-bond acceptors (Lipinski definition) is 5. The van der Waals surface area contributed by atoms with E-state index in [1.165, 1.54) is 18.3 Å². The van der Waals surface area contributed by atoms with Crippen molar-refractivity contribution in [2.45, 2.75) is 12.8 Å². The molecule has 0 radical (unpaired) electrons. The minimum atomic E-state index is -0.464. The Morgan fingerprint density at radius 3 is 2.71 bits per heavy atom. The highest BCUT2D eigenvalue weighted by molar-refractivity contribution is 6.35. The van der Waals surface area contributed by atoms with Crippen LogP contribution in [0, 0.1) is 0 Å². The number of nitrogens with one attached hydrogen (secondary N) is 2.